The van der Waals surface area contributed by atoms with Crippen molar-refractivity contribution in [1.82, 2.24) is 10.2 Å². The smallest absolute Gasteiger partial charge is 0.251 e. The number of rotatable bonds is 4. The van der Waals surface area contributed by atoms with Crippen LogP contribution in [0.2, 0.25) is 0 Å². The predicted molar refractivity (Wildman–Crippen MR) is 110 cm³/mol. The van der Waals surface area contributed by atoms with E-state index in [4.69, 9.17) is 9.47 Å². The highest BCUT2D eigenvalue weighted by molar-refractivity contribution is 6.00. The molecule has 1 spiro atoms. The third-order valence-electron chi connectivity index (χ3n) is 5.76. The summed E-state index contributed by atoms with van der Waals surface area (Å²) in [6.07, 6.45) is 1.43. The second kappa shape index (κ2) is 8.18. The van der Waals surface area contributed by atoms with Crippen LogP contribution in [0.3, 0.4) is 0 Å². The molecule has 7 nitrogen and oxygen atoms in total. The molecule has 7 heteroatoms. The zero-order valence-corrected chi connectivity index (χ0v) is 16.8. The lowest BCUT2D eigenvalue weighted by atomic mass is 9.82. The molecule has 1 N–H and O–H groups in total. The summed E-state index contributed by atoms with van der Waals surface area (Å²) in [4.78, 5) is 39.0. The summed E-state index contributed by atoms with van der Waals surface area (Å²) in [5.74, 6) is 0.817. The molecule has 0 radical (unpaired) electrons. The van der Waals surface area contributed by atoms with Crippen LogP contribution >= 0.6 is 0 Å². The Morgan fingerprint density at radius 3 is 2.57 bits per heavy atom. The van der Waals surface area contributed by atoms with E-state index < -0.39 is 5.60 Å². The molecule has 1 saturated heterocycles. The Hall–Kier alpha value is -3.35. The van der Waals surface area contributed by atoms with Crippen molar-refractivity contribution in [2.75, 3.05) is 26.7 Å². The molecular weight excluding hydrogens is 384 g/mol. The lowest BCUT2D eigenvalue weighted by molar-refractivity contribution is -0.133. The normalized spacial score (nSPS) is 17.1. The van der Waals surface area contributed by atoms with Crippen LogP contribution < -0.4 is 14.8 Å². The molecule has 1 fully saturated rings. The largest absolute Gasteiger partial charge is 0.497 e. The summed E-state index contributed by atoms with van der Waals surface area (Å²) in [6, 6.07) is 14.0. The topological polar surface area (TPSA) is 84.9 Å². The summed E-state index contributed by atoms with van der Waals surface area (Å²) in [5, 5.41) is 2.67. The van der Waals surface area contributed by atoms with Crippen molar-refractivity contribution in [2.24, 2.45) is 0 Å². The summed E-state index contributed by atoms with van der Waals surface area (Å²) in [5.41, 5.74) is 0.496. The number of likely N-dealkylation sites (tertiary alicyclic amines) is 1. The number of Topliss-reactive ketones (excluding diaryl/α,β-unsaturated/α-hetero) is 1. The lowest BCUT2D eigenvalue weighted by Crippen LogP contribution is -2.53. The SMILES string of the molecule is COc1ccc2c(c1)OC1(CCN(C(=O)CNC(=O)c3ccccc3)CC1)CC2=O. The number of fused-ring (bicyclic) bond motifs is 1. The van der Waals surface area contributed by atoms with E-state index in [1.807, 2.05) is 6.07 Å². The number of hydrogen-bond acceptors (Lipinski definition) is 5. The standard InChI is InChI=1S/C23H24N2O5/c1-29-17-7-8-18-19(26)14-23(30-20(18)13-17)9-11-25(12-10-23)21(27)15-24-22(28)16-5-3-2-4-6-16/h2-8,13H,9-12,14-15H2,1H3,(H,24,28). The van der Waals surface area contributed by atoms with Crippen molar-refractivity contribution in [3.63, 3.8) is 0 Å². The summed E-state index contributed by atoms with van der Waals surface area (Å²) < 4.78 is 11.5. The van der Waals surface area contributed by atoms with Crippen molar-refractivity contribution in [2.45, 2.75) is 24.9 Å². The summed E-state index contributed by atoms with van der Waals surface area (Å²) in [7, 11) is 1.57. The molecular formula is C23H24N2O5. The number of carbonyl (C=O) groups excluding carboxylic acids is 3. The molecule has 2 heterocycles. The highest BCUT2D eigenvalue weighted by atomic mass is 16.5. The van der Waals surface area contributed by atoms with E-state index in [0.29, 0.717) is 55.0 Å². The van der Waals surface area contributed by atoms with Gasteiger partial charge in [0, 0.05) is 37.6 Å². The van der Waals surface area contributed by atoms with Gasteiger partial charge in [0.1, 0.15) is 17.1 Å². The van der Waals surface area contributed by atoms with E-state index in [1.54, 1.807) is 54.5 Å². The third-order valence-corrected chi connectivity index (χ3v) is 5.76. The van der Waals surface area contributed by atoms with Crippen LogP contribution in [0.5, 0.6) is 11.5 Å². The molecule has 0 unspecified atom stereocenters. The molecule has 0 aromatic heterocycles. The van der Waals surface area contributed by atoms with E-state index >= 15 is 0 Å². The van der Waals surface area contributed by atoms with Gasteiger partial charge in [0.15, 0.2) is 5.78 Å². The van der Waals surface area contributed by atoms with Crippen molar-refractivity contribution in [3.05, 3.63) is 59.7 Å². The second-order valence-electron chi connectivity index (χ2n) is 7.68. The Balaban J connectivity index is 1.35. The number of benzene rings is 2. The molecule has 156 valence electrons. The number of piperidine rings is 1. The van der Waals surface area contributed by atoms with Crippen LogP contribution in [0.25, 0.3) is 0 Å². The maximum atomic E-state index is 12.6. The maximum Gasteiger partial charge on any atom is 0.251 e. The average molecular weight is 408 g/mol. The van der Waals surface area contributed by atoms with Gasteiger partial charge in [-0.2, -0.15) is 0 Å². The van der Waals surface area contributed by atoms with Crippen LogP contribution in [0.1, 0.15) is 40.0 Å². The monoisotopic (exact) mass is 408 g/mol. The first-order valence-electron chi connectivity index (χ1n) is 10.0. The van der Waals surface area contributed by atoms with E-state index in [2.05, 4.69) is 5.32 Å². The van der Waals surface area contributed by atoms with Gasteiger partial charge in [0.25, 0.3) is 5.91 Å². The molecule has 2 aromatic rings. The molecule has 0 aliphatic carbocycles. The van der Waals surface area contributed by atoms with Gasteiger partial charge in [-0.15, -0.1) is 0 Å². The molecule has 0 saturated carbocycles. The molecule has 2 aliphatic heterocycles. The zero-order valence-electron chi connectivity index (χ0n) is 16.8. The first-order valence-corrected chi connectivity index (χ1v) is 10.0. The van der Waals surface area contributed by atoms with Gasteiger partial charge in [0.05, 0.1) is 25.6 Å². The molecule has 30 heavy (non-hydrogen) atoms. The van der Waals surface area contributed by atoms with Crippen LogP contribution in [0.15, 0.2) is 48.5 Å². The van der Waals surface area contributed by atoms with Crippen LogP contribution in [-0.2, 0) is 4.79 Å². The van der Waals surface area contributed by atoms with E-state index in [1.165, 1.54) is 0 Å². The van der Waals surface area contributed by atoms with E-state index in [-0.39, 0.29) is 24.1 Å². The minimum Gasteiger partial charge on any atom is -0.497 e. The fourth-order valence-corrected chi connectivity index (χ4v) is 4.00. The lowest BCUT2D eigenvalue weighted by Gasteiger charge is -2.44. The van der Waals surface area contributed by atoms with Crippen LogP contribution in [0, 0.1) is 0 Å². The summed E-state index contributed by atoms with van der Waals surface area (Å²) in [6.45, 7) is 0.903. The number of hydrogen-bond donors (Lipinski definition) is 1. The molecule has 4 rings (SSSR count). The number of carbonyl (C=O) groups is 3. The second-order valence-corrected chi connectivity index (χ2v) is 7.68. The third kappa shape index (κ3) is 4.01. The fourth-order valence-electron chi connectivity index (χ4n) is 4.00. The van der Waals surface area contributed by atoms with Gasteiger partial charge < -0.3 is 19.7 Å². The molecule has 2 amide bonds. The van der Waals surface area contributed by atoms with Crippen molar-refractivity contribution < 1.29 is 23.9 Å². The maximum absolute atomic E-state index is 12.6. The zero-order chi connectivity index (χ0) is 21.1. The van der Waals surface area contributed by atoms with Gasteiger partial charge in [0.2, 0.25) is 5.91 Å². The van der Waals surface area contributed by atoms with Gasteiger partial charge in [-0.1, -0.05) is 18.2 Å². The van der Waals surface area contributed by atoms with Crippen LogP contribution in [0.4, 0.5) is 0 Å². The van der Waals surface area contributed by atoms with Crippen molar-refractivity contribution in [3.8, 4) is 11.5 Å². The Morgan fingerprint density at radius 1 is 1.13 bits per heavy atom. The number of nitrogens with zero attached hydrogens (tertiary/aromatic N) is 1. The fraction of sp³-hybridized carbons (Fsp3) is 0.348. The average Bonchev–Trinajstić information content (AvgIpc) is 2.77. The van der Waals surface area contributed by atoms with Gasteiger partial charge >= 0.3 is 0 Å². The summed E-state index contributed by atoms with van der Waals surface area (Å²) >= 11 is 0. The Morgan fingerprint density at radius 2 is 1.87 bits per heavy atom. The molecule has 0 atom stereocenters. The number of nitrogens with one attached hydrogen (secondary N) is 1. The quantitative estimate of drug-likeness (QED) is 0.840. The van der Waals surface area contributed by atoms with Crippen molar-refractivity contribution >= 4 is 17.6 Å². The van der Waals surface area contributed by atoms with Crippen molar-refractivity contribution in [1.29, 1.82) is 0 Å². The number of methoxy groups -OCH3 is 1. The van der Waals surface area contributed by atoms with E-state index in [9.17, 15) is 14.4 Å². The van der Waals surface area contributed by atoms with Gasteiger partial charge in [-0.25, -0.2) is 0 Å². The molecule has 2 aliphatic rings. The van der Waals surface area contributed by atoms with Gasteiger partial charge in [-0.3, -0.25) is 14.4 Å². The minimum absolute atomic E-state index is 0.0498. The Labute approximate surface area is 175 Å². The number of ether oxygens (including phenoxy) is 2. The first kappa shape index (κ1) is 19.9. The minimum atomic E-state index is -0.597. The highest BCUT2D eigenvalue weighted by Crippen LogP contribution is 2.40. The number of amides is 2. The Kier molecular flexibility index (Phi) is 5.44. The Bertz CT molecular complexity index is 965. The van der Waals surface area contributed by atoms with Crippen LogP contribution in [-0.4, -0.2) is 54.8 Å². The molecule has 0 bridgehead atoms. The van der Waals surface area contributed by atoms with E-state index in [0.717, 1.165) is 0 Å². The molecule has 2 aromatic carbocycles. The van der Waals surface area contributed by atoms with Gasteiger partial charge in [-0.05, 0) is 24.3 Å². The first-order chi connectivity index (χ1) is 14.5. The number of ketones is 1. The predicted octanol–water partition coefficient (Wildman–Crippen LogP) is 2.45. The highest BCUT2D eigenvalue weighted by Gasteiger charge is 2.43.